The van der Waals surface area contributed by atoms with E-state index < -0.39 is 16.4 Å². The molecule has 2 unspecified atom stereocenters. The highest BCUT2D eigenvalue weighted by Gasteiger charge is 2.68. The Hall–Kier alpha value is -1.59. The van der Waals surface area contributed by atoms with Crippen LogP contribution in [0.3, 0.4) is 0 Å². The van der Waals surface area contributed by atoms with Crippen LogP contribution in [-0.2, 0) is 19.1 Å². The number of aliphatic hydroxyl groups is 1. The quantitative estimate of drug-likeness (QED) is 0.784. The van der Waals surface area contributed by atoms with Crippen LogP contribution in [0.15, 0.2) is 23.8 Å². The second-order valence-corrected chi connectivity index (χ2v) is 10.2. The van der Waals surface area contributed by atoms with Crippen molar-refractivity contribution in [3.8, 4) is 0 Å². The fourth-order valence-corrected chi connectivity index (χ4v) is 6.85. The number of ether oxygens (including phenoxy) is 1. The van der Waals surface area contributed by atoms with Gasteiger partial charge in [0.2, 0.25) is 0 Å². The van der Waals surface area contributed by atoms with Gasteiger partial charge in [-0.1, -0.05) is 25.5 Å². The number of rotatable bonds is 4. The fourth-order valence-electron chi connectivity index (χ4n) is 6.85. The molecule has 0 amide bonds. The van der Waals surface area contributed by atoms with Gasteiger partial charge in [0.1, 0.15) is 18.0 Å². The van der Waals surface area contributed by atoms with Gasteiger partial charge in [0, 0.05) is 23.2 Å². The zero-order valence-electron chi connectivity index (χ0n) is 17.9. The first-order chi connectivity index (χ1) is 13.5. The van der Waals surface area contributed by atoms with Crippen LogP contribution in [0.1, 0.15) is 59.8 Å². The Labute approximate surface area is 172 Å². The summed E-state index contributed by atoms with van der Waals surface area (Å²) >= 11 is 0. The lowest BCUT2D eigenvalue weighted by molar-refractivity contribution is -0.170. The first-order valence-electron chi connectivity index (χ1n) is 10.9. The maximum Gasteiger partial charge on any atom is 0.190 e. The molecule has 29 heavy (non-hydrogen) atoms. The zero-order valence-corrected chi connectivity index (χ0v) is 17.9. The molecule has 158 valence electrons. The smallest absolute Gasteiger partial charge is 0.190 e. The molecule has 4 rings (SSSR count). The third-order valence-corrected chi connectivity index (χ3v) is 8.42. The summed E-state index contributed by atoms with van der Waals surface area (Å²) in [4.78, 5) is 38.4. The topological polar surface area (TPSA) is 80.7 Å². The van der Waals surface area contributed by atoms with E-state index in [1.807, 2.05) is 26.8 Å². The Bertz CT molecular complexity index is 823. The van der Waals surface area contributed by atoms with Crippen LogP contribution < -0.4 is 0 Å². The van der Waals surface area contributed by atoms with Crippen molar-refractivity contribution in [3.63, 3.8) is 0 Å². The SMILES string of the molecule is CC(C)OCC(=O)[C@@]1(O)CCC2[C@@H]3CCC4=CC(=O)C=C[C@]4(C)C3C(=O)C[C@@]21C. The summed E-state index contributed by atoms with van der Waals surface area (Å²) in [7, 11) is 0. The zero-order chi connectivity index (χ0) is 21.2. The molecule has 0 spiro atoms. The first-order valence-corrected chi connectivity index (χ1v) is 10.9. The highest BCUT2D eigenvalue weighted by Crippen LogP contribution is 2.66. The molecule has 3 fully saturated rings. The van der Waals surface area contributed by atoms with E-state index in [9.17, 15) is 19.5 Å². The standard InChI is InChI=1S/C24H32O5/c1-14(2)29-13-20(27)24(28)10-8-18-17-6-5-15-11-16(25)7-9-22(15,3)21(17)19(26)12-23(18,24)4/h7,9,11,14,17-18,21,28H,5-6,8,10,12-13H2,1-4H3/t17-,18?,21?,22-,23-,24-/m0/s1. The van der Waals surface area contributed by atoms with Crippen molar-refractivity contribution in [1.82, 2.24) is 0 Å². The van der Waals surface area contributed by atoms with E-state index in [-0.39, 0.29) is 54.2 Å². The van der Waals surface area contributed by atoms with Gasteiger partial charge >= 0.3 is 0 Å². The highest BCUT2D eigenvalue weighted by atomic mass is 16.5. The lowest BCUT2D eigenvalue weighted by atomic mass is 9.46. The van der Waals surface area contributed by atoms with E-state index in [2.05, 4.69) is 6.92 Å². The van der Waals surface area contributed by atoms with Crippen molar-refractivity contribution < 1.29 is 24.2 Å². The van der Waals surface area contributed by atoms with Crippen LogP contribution in [0.4, 0.5) is 0 Å². The second kappa shape index (κ2) is 6.71. The molecule has 0 aromatic heterocycles. The predicted octanol–water partition coefficient (Wildman–Crippen LogP) is 3.20. The van der Waals surface area contributed by atoms with Crippen LogP contribution in [0.5, 0.6) is 0 Å². The minimum absolute atomic E-state index is 0.00462. The van der Waals surface area contributed by atoms with E-state index >= 15 is 0 Å². The minimum atomic E-state index is -1.51. The van der Waals surface area contributed by atoms with Gasteiger partial charge in [0.05, 0.1) is 6.10 Å². The van der Waals surface area contributed by atoms with Crippen molar-refractivity contribution in [2.75, 3.05) is 6.61 Å². The summed E-state index contributed by atoms with van der Waals surface area (Å²) < 4.78 is 5.49. The van der Waals surface area contributed by atoms with Crippen molar-refractivity contribution in [2.45, 2.75) is 71.5 Å². The second-order valence-electron chi connectivity index (χ2n) is 10.2. The Morgan fingerprint density at radius 1 is 1.28 bits per heavy atom. The van der Waals surface area contributed by atoms with E-state index in [0.717, 1.165) is 24.8 Å². The molecule has 0 aromatic rings. The summed E-state index contributed by atoms with van der Waals surface area (Å²) in [6.45, 7) is 7.61. The summed E-state index contributed by atoms with van der Waals surface area (Å²) in [5.74, 6) is -0.145. The Morgan fingerprint density at radius 3 is 2.69 bits per heavy atom. The number of carbonyl (C=O) groups excluding carboxylic acids is 3. The third-order valence-electron chi connectivity index (χ3n) is 8.42. The van der Waals surface area contributed by atoms with Gasteiger partial charge < -0.3 is 9.84 Å². The average molecular weight is 401 g/mol. The minimum Gasteiger partial charge on any atom is -0.381 e. The van der Waals surface area contributed by atoms with Gasteiger partial charge in [-0.05, 0) is 63.5 Å². The largest absolute Gasteiger partial charge is 0.381 e. The Kier molecular flexibility index (Phi) is 4.78. The monoisotopic (exact) mass is 400 g/mol. The molecule has 6 atom stereocenters. The van der Waals surface area contributed by atoms with Crippen molar-refractivity contribution >= 4 is 17.3 Å². The lowest BCUT2D eigenvalue weighted by Crippen LogP contribution is -2.60. The maximum absolute atomic E-state index is 13.5. The van der Waals surface area contributed by atoms with E-state index in [1.165, 1.54) is 0 Å². The highest BCUT2D eigenvalue weighted by molar-refractivity contribution is 6.02. The lowest BCUT2D eigenvalue weighted by Gasteiger charge is -2.56. The summed E-state index contributed by atoms with van der Waals surface area (Å²) in [6.07, 6.45) is 8.07. The van der Waals surface area contributed by atoms with Crippen LogP contribution in [-0.4, -0.2) is 40.8 Å². The van der Waals surface area contributed by atoms with Crippen molar-refractivity contribution in [2.24, 2.45) is 28.6 Å². The molecule has 0 bridgehead atoms. The first kappa shape index (κ1) is 20.7. The average Bonchev–Trinajstić information content (AvgIpc) is 2.91. The van der Waals surface area contributed by atoms with Crippen LogP contribution >= 0.6 is 0 Å². The van der Waals surface area contributed by atoms with E-state index in [4.69, 9.17) is 4.74 Å². The van der Waals surface area contributed by atoms with Crippen LogP contribution in [0.2, 0.25) is 0 Å². The van der Waals surface area contributed by atoms with Gasteiger partial charge in [-0.25, -0.2) is 0 Å². The molecular weight excluding hydrogens is 368 g/mol. The number of allylic oxidation sites excluding steroid dienone is 4. The van der Waals surface area contributed by atoms with E-state index in [1.54, 1.807) is 12.2 Å². The van der Waals surface area contributed by atoms with Crippen molar-refractivity contribution in [3.05, 3.63) is 23.8 Å². The molecule has 0 aromatic carbocycles. The summed E-state index contributed by atoms with van der Waals surface area (Å²) in [5, 5.41) is 11.5. The number of Topliss-reactive ketones (excluding diaryl/α,β-unsaturated/α-hetero) is 2. The molecule has 1 N–H and O–H groups in total. The molecule has 5 heteroatoms. The number of hydrogen-bond donors (Lipinski definition) is 1. The fraction of sp³-hybridized carbons (Fsp3) is 0.708. The molecule has 0 saturated heterocycles. The normalized spacial score (nSPS) is 43.7. The molecule has 5 nitrogen and oxygen atoms in total. The molecule has 3 saturated carbocycles. The number of ketones is 3. The van der Waals surface area contributed by atoms with Gasteiger partial charge in [0.25, 0.3) is 0 Å². The third kappa shape index (κ3) is 2.84. The molecule has 4 aliphatic carbocycles. The Balaban J connectivity index is 1.67. The van der Waals surface area contributed by atoms with Gasteiger partial charge in [0.15, 0.2) is 11.6 Å². The number of fused-ring (bicyclic) bond motifs is 5. The Morgan fingerprint density at radius 2 is 2.00 bits per heavy atom. The predicted molar refractivity (Wildman–Crippen MR) is 108 cm³/mol. The molecule has 0 radical (unpaired) electrons. The molecular formula is C24H32O5. The number of hydrogen-bond acceptors (Lipinski definition) is 5. The maximum atomic E-state index is 13.5. The van der Waals surface area contributed by atoms with Crippen molar-refractivity contribution in [1.29, 1.82) is 0 Å². The van der Waals surface area contributed by atoms with Gasteiger partial charge in [-0.2, -0.15) is 0 Å². The van der Waals surface area contributed by atoms with Crippen LogP contribution in [0, 0.1) is 28.6 Å². The summed E-state index contributed by atoms with van der Waals surface area (Å²) in [6, 6.07) is 0. The van der Waals surface area contributed by atoms with E-state index in [0.29, 0.717) is 6.42 Å². The van der Waals surface area contributed by atoms with Gasteiger partial charge in [-0.3, -0.25) is 14.4 Å². The van der Waals surface area contributed by atoms with Gasteiger partial charge in [-0.15, -0.1) is 0 Å². The molecule has 0 aliphatic heterocycles. The summed E-state index contributed by atoms with van der Waals surface area (Å²) in [5.41, 5.74) is -1.64. The molecule has 4 aliphatic rings. The van der Waals surface area contributed by atoms with Crippen LogP contribution in [0.25, 0.3) is 0 Å². The molecule has 0 heterocycles. The number of carbonyl (C=O) groups is 3.